The third-order valence-electron chi connectivity index (χ3n) is 6.65. The Kier molecular flexibility index (Phi) is 5.90. The Labute approximate surface area is 192 Å². The third kappa shape index (κ3) is 4.25. The first-order chi connectivity index (χ1) is 16.1. The van der Waals surface area contributed by atoms with Crippen LogP contribution in [-0.4, -0.2) is 73.0 Å². The Bertz CT molecular complexity index is 1140. The molecule has 1 unspecified atom stereocenters. The van der Waals surface area contributed by atoms with Gasteiger partial charge in [0.1, 0.15) is 5.75 Å². The van der Waals surface area contributed by atoms with Crippen molar-refractivity contribution in [3.63, 3.8) is 0 Å². The van der Waals surface area contributed by atoms with Crippen LogP contribution in [0.15, 0.2) is 53.3 Å². The lowest BCUT2D eigenvalue weighted by Crippen LogP contribution is -2.53. The van der Waals surface area contributed by atoms with Gasteiger partial charge in [0.2, 0.25) is 5.91 Å². The molecular weight excluding hydrogens is 420 g/mol. The number of ether oxygens (including phenoxy) is 1. The number of nitrogens with zero attached hydrogens (tertiary/aromatic N) is 4. The van der Waals surface area contributed by atoms with Crippen LogP contribution in [-0.2, 0) is 4.79 Å². The maximum atomic E-state index is 13.3. The molecule has 8 heteroatoms. The summed E-state index contributed by atoms with van der Waals surface area (Å²) in [6.07, 6.45) is 5.17. The first-order valence-corrected chi connectivity index (χ1v) is 11.4. The fourth-order valence-electron chi connectivity index (χ4n) is 4.86. The van der Waals surface area contributed by atoms with Crippen LogP contribution in [0.2, 0.25) is 0 Å². The van der Waals surface area contributed by atoms with E-state index >= 15 is 0 Å². The van der Waals surface area contributed by atoms with Crippen molar-refractivity contribution >= 4 is 28.4 Å². The fraction of sp³-hybridized carbons (Fsp3) is 0.400. The highest BCUT2D eigenvalue weighted by Crippen LogP contribution is 2.32. The SMILES string of the molecule is COc1ccc2nccc(N3CCCC(C(=O)N4CCN(C(=O)c5ccco5)CC4)C3)c2c1. The monoisotopic (exact) mass is 448 g/mol. The van der Waals surface area contributed by atoms with Gasteiger partial charge in [0.25, 0.3) is 5.91 Å². The Morgan fingerprint density at radius 3 is 2.64 bits per heavy atom. The molecule has 3 aromatic rings. The van der Waals surface area contributed by atoms with Gasteiger partial charge in [0.05, 0.1) is 24.8 Å². The predicted molar refractivity (Wildman–Crippen MR) is 124 cm³/mol. The molecule has 0 spiro atoms. The van der Waals surface area contributed by atoms with Crippen molar-refractivity contribution < 1.29 is 18.7 Å². The molecule has 172 valence electrons. The Morgan fingerprint density at radius 2 is 1.88 bits per heavy atom. The maximum Gasteiger partial charge on any atom is 0.289 e. The molecule has 5 rings (SSSR count). The largest absolute Gasteiger partial charge is 0.497 e. The number of amides is 2. The number of benzene rings is 1. The second-order valence-corrected chi connectivity index (χ2v) is 8.59. The quantitative estimate of drug-likeness (QED) is 0.611. The molecule has 0 bridgehead atoms. The highest BCUT2D eigenvalue weighted by molar-refractivity contribution is 5.93. The van der Waals surface area contributed by atoms with Gasteiger partial charge >= 0.3 is 0 Å². The summed E-state index contributed by atoms with van der Waals surface area (Å²) in [7, 11) is 1.66. The average molecular weight is 449 g/mol. The lowest BCUT2D eigenvalue weighted by molar-refractivity contribution is -0.137. The number of piperazine rings is 1. The van der Waals surface area contributed by atoms with Crippen molar-refractivity contribution in [2.75, 3.05) is 51.3 Å². The summed E-state index contributed by atoms with van der Waals surface area (Å²) < 4.78 is 10.6. The van der Waals surface area contributed by atoms with Crippen molar-refractivity contribution in [3.05, 3.63) is 54.6 Å². The van der Waals surface area contributed by atoms with E-state index in [1.807, 2.05) is 35.4 Å². The minimum absolute atomic E-state index is 0.0556. The molecule has 2 aliphatic heterocycles. The minimum atomic E-state index is -0.115. The van der Waals surface area contributed by atoms with E-state index in [1.165, 1.54) is 6.26 Å². The molecule has 0 aliphatic carbocycles. The van der Waals surface area contributed by atoms with E-state index in [0.717, 1.165) is 41.7 Å². The number of carbonyl (C=O) groups is 2. The van der Waals surface area contributed by atoms with E-state index in [-0.39, 0.29) is 17.7 Å². The predicted octanol–water partition coefficient (Wildman–Crippen LogP) is 3.04. The minimum Gasteiger partial charge on any atom is -0.497 e. The molecule has 2 saturated heterocycles. The number of methoxy groups -OCH3 is 1. The third-order valence-corrected chi connectivity index (χ3v) is 6.65. The molecular formula is C25H28N4O4. The summed E-state index contributed by atoms with van der Waals surface area (Å²) in [5.74, 6) is 1.15. The van der Waals surface area contributed by atoms with Crippen LogP contribution >= 0.6 is 0 Å². The van der Waals surface area contributed by atoms with E-state index < -0.39 is 0 Å². The van der Waals surface area contributed by atoms with E-state index in [0.29, 0.717) is 38.5 Å². The number of hydrogen-bond acceptors (Lipinski definition) is 6. The number of aromatic nitrogens is 1. The van der Waals surface area contributed by atoms with Crippen molar-refractivity contribution in [3.8, 4) is 5.75 Å². The lowest BCUT2D eigenvalue weighted by Gasteiger charge is -2.39. The molecule has 2 amide bonds. The highest BCUT2D eigenvalue weighted by Gasteiger charge is 2.33. The summed E-state index contributed by atoms with van der Waals surface area (Å²) in [6, 6.07) is 11.3. The van der Waals surface area contributed by atoms with Gasteiger partial charge in [-0.25, -0.2) is 0 Å². The van der Waals surface area contributed by atoms with E-state index in [9.17, 15) is 9.59 Å². The molecule has 4 heterocycles. The number of carbonyl (C=O) groups excluding carboxylic acids is 2. The topological polar surface area (TPSA) is 79.1 Å². The van der Waals surface area contributed by atoms with Crippen LogP contribution in [0.4, 0.5) is 5.69 Å². The van der Waals surface area contributed by atoms with E-state index in [2.05, 4.69) is 9.88 Å². The second-order valence-electron chi connectivity index (χ2n) is 8.59. The lowest BCUT2D eigenvalue weighted by atomic mass is 9.95. The molecule has 1 aromatic carbocycles. The molecule has 0 saturated carbocycles. The van der Waals surface area contributed by atoms with Crippen LogP contribution < -0.4 is 9.64 Å². The van der Waals surface area contributed by atoms with Gasteiger partial charge in [0, 0.05) is 56.5 Å². The summed E-state index contributed by atoms with van der Waals surface area (Å²) in [5, 5.41) is 1.04. The number of fused-ring (bicyclic) bond motifs is 1. The first kappa shape index (κ1) is 21.3. The van der Waals surface area contributed by atoms with Gasteiger partial charge in [-0.3, -0.25) is 14.6 Å². The van der Waals surface area contributed by atoms with Crippen LogP contribution in [0.25, 0.3) is 10.9 Å². The Hall–Kier alpha value is -3.55. The number of piperidine rings is 1. The zero-order chi connectivity index (χ0) is 22.8. The van der Waals surface area contributed by atoms with Gasteiger partial charge in [-0.05, 0) is 49.2 Å². The van der Waals surface area contributed by atoms with Crippen LogP contribution in [0.1, 0.15) is 23.4 Å². The van der Waals surface area contributed by atoms with Gasteiger partial charge < -0.3 is 23.9 Å². The normalized spacial score (nSPS) is 19.1. The number of pyridine rings is 1. The zero-order valence-electron chi connectivity index (χ0n) is 18.8. The van der Waals surface area contributed by atoms with Gasteiger partial charge in [-0.15, -0.1) is 0 Å². The average Bonchev–Trinajstić information content (AvgIpc) is 3.42. The zero-order valence-corrected chi connectivity index (χ0v) is 18.8. The summed E-state index contributed by atoms with van der Waals surface area (Å²) in [4.78, 5) is 36.3. The van der Waals surface area contributed by atoms with Crippen molar-refractivity contribution in [1.82, 2.24) is 14.8 Å². The van der Waals surface area contributed by atoms with Gasteiger partial charge in [-0.2, -0.15) is 0 Å². The van der Waals surface area contributed by atoms with E-state index in [1.54, 1.807) is 24.1 Å². The second kappa shape index (κ2) is 9.13. The van der Waals surface area contributed by atoms with Crippen LogP contribution in [0.3, 0.4) is 0 Å². The summed E-state index contributed by atoms with van der Waals surface area (Å²) >= 11 is 0. The molecule has 2 aliphatic rings. The molecule has 2 fully saturated rings. The van der Waals surface area contributed by atoms with Crippen molar-refractivity contribution in [2.24, 2.45) is 5.92 Å². The standard InChI is InChI=1S/C25H28N4O4/c1-32-19-6-7-21-20(16-19)22(8-9-26-21)29-10-2-4-18(17-29)24(30)27-11-13-28(14-12-27)25(31)23-5-3-15-33-23/h3,5-9,15-16,18H,2,4,10-14,17H2,1H3. The molecule has 1 atom stereocenters. The van der Waals surface area contributed by atoms with Crippen molar-refractivity contribution in [2.45, 2.75) is 12.8 Å². The summed E-state index contributed by atoms with van der Waals surface area (Å²) in [5.41, 5.74) is 2.00. The molecule has 8 nitrogen and oxygen atoms in total. The number of furan rings is 1. The number of anilines is 1. The van der Waals surface area contributed by atoms with Gasteiger partial charge in [0.15, 0.2) is 5.76 Å². The maximum absolute atomic E-state index is 13.3. The van der Waals surface area contributed by atoms with Crippen LogP contribution in [0, 0.1) is 5.92 Å². The van der Waals surface area contributed by atoms with Crippen molar-refractivity contribution in [1.29, 1.82) is 0 Å². The van der Waals surface area contributed by atoms with E-state index in [4.69, 9.17) is 9.15 Å². The van der Waals surface area contributed by atoms with Crippen LogP contribution in [0.5, 0.6) is 5.75 Å². The Morgan fingerprint density at radius 1 is 1.06 bits per heavy atom. The smallest absolute Gasteiger partial charge is 0.289 e. The first-order valence-electron chi connectivity index (χ1n) is 11.4. The molecule has 0 N–H and O–H groups in total. The number of hydrogen-bond donors (Lipinski definition) is 0. The fourth-order valence-corrected chi connectivity index (χ4v) is 4.86. The molecule has 33 heavy (non-hydrogen) atoms. The number of rotatable bonds is 4. The highest BCUT2D eigenvalue weighted by atomic mass is 16.5. The van der Waals surface area contributed by atoms with Gasteiger partial charge in [-0.1, -0.05) is 0 Å². The summed E-state index contributed by atoms with van der Waals surface area (Å²) in [6.45, 7) is 3.74. The molecule has 0 radical (unpaired) electrons. The Balaban J connectivity index is 1.26. The molecule has 2 aromatic heterocycles.